The van der Waals surface area contributed by atoms with Crippen molar-refractivity contribution >= 4 is 17.7 Å². The third-order valence-corrected chi connectivity index (χ3v) is 7.19. The van der Waals surface area contributed by atoms with E-state index in [1.807, 2.05) is 48.2 Å². The fourth-order valence-electron chi connectivity index (χ4n) is 4.20. The van der Waals surface area contributed by atoms with E-state index >= 15 is 0 Å². The zero-order chi connectivity index (χ0) is 24.2. The van der Waals surface area contributed by atoms with Crippen molar-refractivity contribution in [1.29, 1.82) is 0 Å². The summed E-state index contributed by atoms with van der Waals surface area (Å²) in [6.45, 7) is 6.25. The smallest absolute Gasteiger partial charge is 0.232 e. The number of hydrogen-bond donors (Lipinski definition) is 0. The van der Waals surface area contributed by atoms with Gasteiger partial charge in [-0.25, -0.2) is 4.98 Å². The van der Waals surface area contributed by atoms with Gasteiger partial charge in [0.25, 0.3) is 0 Å². The summed E-state index contributed by atoms with van der Waals surface area (Å²) in [5.41, 5.74) is 2.98. The van der Waals surface area contributed by atoms with Crippen LogP contribution >= 0.6 is 11.8 Å². The highest BCUT2D eigenvalue weighted by Crippen LogP contribution is 2.33. The van der Waals surface area contributed by atoms with E-state index in [1.165, 1.54) is 5.56 Å². The highest BCUT2D eigenvalue weighted by atomic mass is 32.2. The Balaban J connectivity index is 1.06. The van der Waals surface area contributed by atoms with Gasteiger partial charge in [-0.2, -0.15) is 0 Å². The number of oxazole rings is 1. The van der Waals surface area contributed by atoms with Crippen LogP contribution in [0.1, 0.15) is 17.0 Å². The highest BCUT2D eigenvalue weighted by molar-refractivity contribution is 7.99. The molecule has 1 amide bonds. The molecule has 9 heteroatoms. The number of thioether (sulfide) groups is 1. The molecule has 5 rings (SSSR count). The number of hydrogen-bond acceptors (Lipinski definition) is 8. The molecule has 0 N–H and O–H groups in total. The largest absolute Gasteiger partial charge is 0.497 e. The summed E-state index contributed by atoms with van der Waals surface area (Å²) >= 11 is 1.58. The minimum absolute atomic E-state index is 0.175. The highest BCUT2D eigenvalue weighted by Gasteiger charge is 2.22. The van der Waals surface area contributed by atoms with Crippen LogP contribution in [-0.4, -0.2) is 66.5 Å². The topological polar surface area (TPSA) is 77.3 Å². The molecule has 1 aromatic heterocycles. The molecular formula is C26H29N3O5S. The lowest BCUT2D eigenvalue weighted by Gasteiger charge is -2.34. The van der Waals surface area contributed by atoms with Crippen molar-refractivity contribution in [3.8, 4) is 28.7 Å². The number of rotatable bonds is 8. The molecule has 1 saturated heterocycles. The molecule has 35 heavy (non-hydrogen) atoms. The molecule has 0 aliphatic carbocycles. The molecule has 2 aliphatic rings. The van der Waals surface area contributed by atoms with Crippen molar-refractivity contribution in [2.75, 3.05) is 45.8 Å². The number of fused-ring (bicyclic) bond motifs is 1. The zero-order valence-electron chi connectivity index (χ0n) is 20.0. The van der Waals surface area contributed by atoms with Gasteiger partial charge in [-0.15, -0.1) is 11.8 Å². The Hall–Kier alpha value is -3.17. The molecule has 0 saturated carbocycles. The van der Waals surface area contributed by atoms with E-state index in [0.717, 1.165) is 67.0 Å². The van der Waals surface area contributed by atoms with Gasteiger partial charge in [0.15, 0.2) is 11.5 Å². The molecule has 0 radical (unpaired) electrons. The maximum atomic E-state index is 12.8. The monoisotopic (exact) mass is 495 g/mol. The van der Waals surface area contributed by atoms with Gasteiger partial charge in [0.2, 0.25) is 18.6 Å². The van der Waals surface area contributed by atoms with Gasteiger partial charge in [0.1, 0.15) is 11.5 Å². The fraction of sp³-hybridized carbons (Fsp3) is 0.385. The fourth-order valence-corrected chi connectivity index (χ4v) is 5.12. The van der Waals surface area contributed by atoms with Gasteiger partial charge >= 0.3 is 0 Å². The SMILES string of the molecule is COc1ccc(-c2nc(CSCC(=O)N3CCN(Cc4ccc5c(c4)OCO5)CC3)c(C)o2)cc1. The number of methoxy groups -OCH3 is 1. The predicted octanol–water partition coefficient (Wildman–Crippen LogP) is 3.96. The summed E-state index contributed by atoms with van der Waals surface area (Å²) in [4.78, 5) is 21.7. The normalized spacial score (nSPS) is 15.4. The summed E-state index contributed by atoms with van der Waals surface area (Å²) < 4.78 is 21.9. The quantitative estimate of drug-likeness (QED) is 0.465. The van der Waals surface area contributed by atoms with E-state index < -0.39 is 0 Å². The van der Waals surface area contributed by atoms with Crippen molar-refractivity contribution < 1.29 is 23.4 Å². The Bertz CT molecular complexity index is 1170. The average molecular weight is 496 g/mol. The third kappa shape index (κ3) is 5.57. The van der Waals surface area contributed by atoms with Gasteiger partial charge in [-0.3, -0.25) is 9.69 Å². The van der Waals surface area contributed by atoms with Crippen LogP contribution in [0.5, 0.6) is 17.2 Å². The lowest BCUT2D eigenvalue weighted by molar-refractivity contribution is -0.130. The van der Waals surface area contributed by atoms with Crippen LogP contribution in [0, 0.1) is 6.92 Å². The predicted molar refractivity (Wildman–Crippen MR) is 134 cm³/mol. The molecule has 1 fully saturated rings. The first-order valence-electron chi connectivity index (χ1n) is 11.7. The van der Waals surface area contributed by atoms with Crippen molar-refractivity contribution in [2.45, 2.75) is 19.2 Å². The second kappa shape index (κ2) is 10.6. The number of ether oxygens (including phenoxy) is 3. The van der Waals surface area contributed by atoms with Gasteiger partial charge in [0, 0.05) is 44.0 Å². The second-order valence-electron chi connectivity index (χ2n) is 8.59. The zero-order valence-corrected chi connectivity index (χ0v) is 20.8. The van der Waals surface area contributed by atoms with Crippen LogP contribution < -0.4 is 14.2 Å². The van der Waals surface area contributed by atoms with Crippen molar-refractivity contribution in [1.82, 2.24) is 14.8 Å². The van der Waals surface area contributed by atoms with E-state index in [0.29, 0.717) is 17.4 Å². The van der Waals surface area contributed by atoms with Gasteiger partial charge in [-0.1, -0.05) is 6.07 Å². The summed E-state index contributed by atoms with van der Waals surface area (Å²) in [5, 5.41) is 0. The number of aryl methyl sites for hydroxylation is 1. The molecule has 0 bridgehead atoms. The average Bonchev–Trinajstić information content (AvgIpc) is 3.50. The number of nitrogens with zero attached hydrogens (tertiary/aromatic N) is 3. The molecule has 2 aliphatic heterocycles. The summed E-state index contributed by atoms with van der Waals surface area (Å²) in [6.07, 6.45) is 0. The molecule has 8 nitrogen and oxygen atoms in total. The maximum Gasteiger partial charge on any atom is 0.232 e. The summed E-state index contributed by atoms with van der Waals surface area (Å²) in [7, 11) is 1.64. The molecule has 3 heterocycles. The van der Waals surface area contributed by atoms with Crippen LogP contribution in [0.3, 0.4) is 0 Å². The van der Waals surface area contributed by atoms with Crippen molar-refractivity contribution in [2.24, 2.45) is 0 Å². The minimum Gasteiger partial charge on any atom is -0.497 e. The molecule has 0 atom stereocenters. The number of amides is 1. The number of carbonyl (C=O) groups is 1. The van der Waals surface area contributed by atoms with Crippen LogP contribution in [-0.2, 0) is 17.1 Å². The second-order valence-corrected chi connectivity index (χ2v) is 9.57. The van der Waals surface area contributed by atoms with Gasteiger partial charge in [-0.05, 0) is 48.9 Å². The first-order chi connectivity index (χ1) is 17.1. The van der Waals surface area contributed by atoms with E-state index in [9.17, 15) is 4.79 Å². The molecule has 0 unspecified atom stereocenters. The lowest BCUT2D eigenvalue weighted by atomic mass is 10.1. The Morgan fingerprint density at radius 2 is 1.83 bits per heavy atom. The molecule has 184 valence electrons. The first kappa shape index (κ1) is 23.6. The summed E-state index contributed by atoms with van der Waals surface area (Å²) in [5.74, 6) is 5.03. The first-order valence-corrected chi connectivity index (χ1v) is 12.8. The standard InChI is InChI=1S/C26H29N3O5S/c1-18-22(27-26(34-18)20-4-6-21(31-2)7-5-20)15-35-16-25(30)29-11-9-28(10-12-29)14-19-3-8-23-24(13-19)33-17-32-23/h3-8,13H,9-12,14-17H2,1-2H3. The Morgan fingerprint density at radius 1 is 1.06 bits per heavy atom. The van der Waals surface area contributed by atoms with Crippen molar-refractivity contribution in [3.05, 3.63) is 59.5 Å². The van der Waals surface area contributed by atoms with Crippen LogP contribution in [0.2, 0.25) is 0 Å². The van der Waals surface area contributed by atoms with E-state index in [2.05, 4.69) is 16.0 Å². The van der Waals surface area contributed by atoms with Gasteiger partial charge in [0.05, 0.1) is 18.6 Å². The number of piperazine rings is 1. The number of carbonyl (C=O) groups excluding carboxylic acids is 1. The minimum atomic E-state index is 0.175. The van der Waals surface area contributed by atoms with E-state index in [-0.39, 0.29) is 12.7 Å². The van der Waals surface area contributed by atoms with E-state index in [4.69, 9.17) is 18.6 Å². The molecule has 2 aromatic carbocycles. The lowest BCUT2D eigenvalue weighted by Crippen LogP contribution is -2.48. The van der Waals surface area contributed by atoms with Crippen molar-refractivity contribution in [3.63, 3.8) is 0 Å². The molecule has 0 spiro atoms. The van der Waals surface area contributed by atoms with Crippen LogP contribution in [0.4, 0.5) is 0 Å². The molecular weight excluding hydrogens is 466 g/mol. The molecule has 3 aromatic rings. The van der Waals surface area contributed by atoms with Crippen LogP contribution in [0.15, 0.2) is 46.9 Å². The van der Waals surface area contributed by atoms with E-state index in [1.54, 1.807) is 18.9 Å². The number of benzene rings is 2. The Kier molecular flexibility index (Phi) is 7.15. The third-order valence-electron chi connectivity index (χ3n) is 6.26. The number of aromatic nitrogens is 1. The summed E-state index contributed by atoms with van der Waals surface area (Å²) in [6, 6.07) is 13.7. The van der Waals surface area contributed by atoms with Crippen LogP contribution in [0.25, 0.3) is 11.5 Å². The Labute approximate surface area is 209 Å². The Morgan fingerprint density at radius 3 is 2.60 bits per heavy atom. The maximum absolute atomic E-state index is 12.8. The van der Waals surface area contributed by atoms with Gasteiger partial charge < -0.3 is 23.5 Å².